The van der Waals surface area contributed by atoms with E-state index >= 15 is 0 Å². The molecule has 0 atom stereocenters. The van der Waals surface area contributed by atoms with Crippen LogP contribution in [0.4, 0.5) is 0 Å². The molecule has 0 aromatic rings. The van der Waals surface area contributed by atoms with Crippen molar-refractivity contribution < 1.29 is 4.74 Å². The summed E-state index contributed by atoms with van der Waals surface area (Å²) in [7, 11) is 1.73. The molecular formula is C8H15NO. The van der Waals surface area contributed by atoms with Crippen molar-refractivity contribution in [2.75, 3.05) is 7.05 Å². The Morgan fingerprint density at radius 3 is 2.40 bits per heavy atom. The first-order valence-electron chi connectivity index (χ1n) is 3.46. The van der Waals surface area contributed by atoms with Crippen LogP contribution in [-0.4, -0.2) is 12.9 Å². The minimum absolute atomic E-state index is 0.779. The van der Waals surface area contributed by atoms with E-state index in [1.807, 2.05) is 20.8 Å². The van der Waals surface area contributed by atoms with Crippen LogP contribution in [0.3, 0.4) is 0 Å². The molecule has 0 N–H and O–H groups in total. The quantitative estimate of drug-likeness (QED) is 0.328. The summed E-state index contributed by atoms with van der Waals surface area (Å²) in [5, 5.41) is 0. The molecule has 0 amide bonds. The first-order chi connectivity index (χ1) is 4.70. The highest BCUT2D eigenvalue weighted by molar-refractivity contribution is 5.76. The fourth-order valence-electron chi connectivity index (χ4n) is 0.480. The van der Waals surface area contributed by atoms with Crippen LogP contribution in [0.25, 0.3) is 0 Å². The number of hydrogen-bond acceptors (Lipinski definition) is 2. The highest BCUT2D eigenvalue weighted by atomic mass is 16.5. The van der Waals surface area contributed by atoms with Gasteiger partial charge in [-0.15, -0.1) is 0 Å². The zero-order valence-electron chi connectivity index (χ0n) is 7.14. The molecule has 58 valence electrons. The van der Waals surface area contributed by atoms with Crippen molar-refractivity contribution in [1.29, 1.82) is 0 Å². The van der Waals surface area contributed by atoms with Gasteiger partial charge in [-0.05, 0) is 19.4 Å². The number of nitrogens with zero attached hydrogens (tertiary/aromatic N) is 1. The van der Waals surface area contributed by atoms with Gasteiger partial charge in [-0.3, -0.25) is 4.99 Å². The average molecular weight is 141 g/mol. The maximum atomic E-state index is 5.19. The molecule has 0 radical (unpaired) electrons. The number of ether oxygens (including phenoxy) is 1. The predicted molar refractivity (Wildman–Crippen MR) is 44.2 cm³/mol. The van der Waals surface area contributed by atoms with Gasteiger partial charge < -0.3 is 4.74 Å². The fourth-order valence-corrected chi connectivity index (χ4v) is 0.480. The molecule has 0 spiro atoms. The van der Waals surface area contributed by atoms with Crippen molar-refractivity contribution in [3.05, 3.63) is 11.8 Å². The molecule has 0 aliphatic carbocycles. The van der Waals surface area contributed by atoms with Gasteiger partial charge in [0.25, 0.3) is 0 Å². The van der Waals surface area contributed by atoms with E-state index in [0.29, 0.717) is 0 Å². The first kappa shape index (κ1) is 9.21. The zero-order chi connectivity index (χ0) is 7.98. The molecule has 0 aliphatic rings. The van der Waals surface area contributed by atoms with Gasteiger partial charge in [-0.25, -0.2) is 0 Å². The lowest BCUT2D eigenvalue weighted by Gasteiger charge is -1.99. The largest absolute Gasteiger partial charge is 0.451 e. The van der Waals surface area contributed by atoms with Gasteiger partial charge in [0.15, 0.2) is 5.90 Å². The van der Waals surface area contributed by atoms with Gasteiger partial charge in [-0.2, -0.15) is 0 Å². The lowest BCUT2D eigenvalue weighted by Crippen LogP contribution is -1.97. The normalized spacial score (nSPS) is 11.0. The smallest absolute Gasteiger partial charge is 0.188 e. The van der Waals surface area contributed by atoms with E-state index in [9.17, 15) is 0 Å². The van der Waals surface area contributed by atoms with E-state index in [1.54, 1.807) is 13.3 Å². The van der Waals surface area contributed by atoms with Crippen molar-refractivity contribution in [3.63, 3.8) is 0 Å². The molecule has 0 unspecified atom stereocenters. The Balaban J connectivity index is 3.78. The summed E-state index contributed by atoms with van der Waals surface area (Å²) in [6, 6.07) is 0. The molecule has 0 aliphatic heterocycles. The summed E-state index contributed by atoms with van der Waals surface area (Å²) in [6.45, 7) is 5.99. The molecule has 2 heteroatoms. The molecule has 0 heterocycles. The summed E-state index contributed by atoms with van der Waals surface area (Å²) < 4.78 is 5.19. The summed E-state index contributed by atoms with van der Waals surface area (Å²) in [5.41, 5.74) is 1.15. The predicted octanol–water partition coefficient (Wildman–Crippen LogP) is 2.37. The molecule has 0 fully saturated rings. The molecule has 0 rings (SSSR count). The topological polar surface area (TPSA) is 21.6 Å². The third kappa shape index (κ3) is 4.13. The summed E-state index contributed by atoms with van der Waals surface area (Å²) >= 11 is 0. The van der Waals surface area contributed by atoms with Crippen LogP contribution in [0.1, 0.15) is 27.2 Å². The first-order valence-corrected chi connectivity index (χ1v) is 3.46. The van der Waals surface area contributed by atoms with Crippen molar-refractivity contribution in [2.24, 2.45) is 4.99 Å². The van der Waals surface area contributed by atoms with Crippen molar-refractivity contribution in [1.82, 2.24) is 0 Å². The maximum Gasteiger partial charge on any atom is 0.188 e. The van der Waals surface area contributed by atoms with Gasteiger partial charge in [0.1, 0.15) is 0 Å². The van der Waals surface area contributed by atoms with Gasteiger partial charge in [-0.1, -0.05) is 6.92 Å². The second-order valence-electron chi connectivity index (χ2n) is 2.28. The van der Waals surface area contributed by atoms with Crippen LogP contribution in [0.5, 0.6) is 0 Å². The number of hydrogen-bond donors (Lipinski definition) is 0. The van der Waals surface area contributed by atoms with Crippen molar-refractivity contribution in [3.8, 4) is 0 Å². The highest BCUT2D eigenvalue weighted by Gasteiger charge is 1.89. The zero-order valence-corrected chi connectivity index (χ0v) is 7.14. The van der Waals surface area contributed by atoms with Gasteiger partial charge in [0, 0.05) is 13.5 Å². The Kier molecular flexibility index (Phi) is 4.63. The third-order valence-electron chi connectivity index (χ3n) is 0.983. The van der Waals surface area contributed by atoms with Crippen LogP contribution >= 0.6 is 0 Å². The van der Waals surface area contributed by atoms with E-state index in [2.05, 4.69) is 4.99 Å². The molecule has 0 aromatic carbocycles. The Morgan fingerprint density at radius 2 is 2.10 bits per heavy atom. The lowest BCUT2D eigenvalue weighted by atomic mass is 10.4. The fraction of sp³-hybridized carbons (Fsp3) is 0.625. The molecule has 0 saturated carbocycles. The van der Waals surface area contributed by atoms with E-state index in [-0.39, 0.29) is 0 Å². The Bertz CT molecular complexity index is 143. The summed E-state index contributed by atoms with van der Waals surface area (Å²) in [6.07, 6.45) is 2.56. The SMILES string of the molecule is CCC(=NC)OC=C(C)C. The molecule has 2 nitrogen and oxygen atoms in total. The maximum absolute atomic E-state index is 5.19. The molecule has 0 saturated heterocycles. The average Bonchev–Trinajstić information content (AvgIpc) is 1.90. The minimum atomic E-state index is 0.779. The van der Waals surface area contributed by atoms with Crippen molar-refractivity contribution >= 4 is 5.90 Å². The van der Waals surface area contributed by atoms with Crippen LogP contribution < -0.4 is 0 Å². The van der Waals surface area contributed by atoms with E-state index in [4.69, 9.17) is 4.74 Å². The number of rotatable bonds is 2. The standard InChI is InChI=1S/C8H15NO/c1-5-8(9-4)10-6-7(2)3/h6H,5H2,1-4H3. The van der Waals surface area contributed by atoms with Gasteiger partial charge in [0.05, 0.1) is 6.26 Å². The lowest BCUT2D eigenvalue weighted by molar-refractivity contribution is 0.453. The van der Waals surface area contributed by atoms with E-state index in [0.717, 1.165) is 17.9 Å². The van der Waals surface area contributed by atoms with Crippen LogP contribution in [-0.2, 0) is 4.74 Å². The van der Waals surface area contributed by atoms with Gasteiger partial charge in [0.2, 0.25) is 0 Å². The Labute approximate surface area is 62.6 Å². The minimum Gasteiger partial charge on any atom is -0.451 e. The summed E-state index contributed by atoms with van der Waals surface area (Å²) in [4.78, 5) is 3.93. The van der Waals surface area contributed by atoms with Crippen molar-refractivity contribution in [2.45, 2.75) is 27.2 Å². The van der Waals surface area contributed by atoms with Crippen LogP contribution in [0.15, 0.2) is 16.8 Å². The Morgan fingerprint density at radius 1 is 1.50 bits per heavy atom. The third-order valence-corrected chi connectivity index (χ3v) is 0.983. The molecule has 10 heavy (non-hydrogen) atoms. The van der Waals surface area contributed by atoms with Gasteiger partial charge >= 0.3 is 0 Å². The van der Waals surface area contributed by atoms with Crippen LogP contribution in [0, 0.1) is 0 Å². The Hall–Kier alpha value is -0.790. The van der Waals surface area contributed by atoms with E-state index < -0.39 is 0 Å². The van der Waals surface area contributed by atoms with E-state index in [1.165, 1.54) is 0 Å². The molecule has 0 aromatic heterocycles. The molecular weight excluding hydrogens is 126 g/mol. The number of allylic oxidation sites excluding steroid dienone is 1. The van der Waals surface area contributed by atoms with Crippen LogP contribution in [0.2, 0.25) is 0 Å². The molecule has 0 bridgehead atoms. The highest BCUT2D eigenvalue weighted by Crippen LogP contribution is 1.93. The second-order valence-corrected chi connectivity index (χ2v) is 2.28. The monoisotopic (exact) mass is 141 g/mol. The number of aliphatic imine (C=N–C) groups is 1. The summed E-state index contributed by atoms with van der Waals surface area (Å²) in [5.74, 6) is 0.779. The second kappa shape index (κ2) is 5.03.